The summed E-state index contributed by atoms with van der Waals surface area (Å²) in [6.07, 6.45) is 3.97. The molecular weight excluding hydrogens is 280 g/mol. The van der Waals surface area contributed by atoms with Gasteiger partial charge in [-0.05, 0) is 38.9 Å². The number of likely N-dealkylation sites (N-methyl/N-ethyl adjacent to an activating group) is 1. The van der Waals surface area contributed by atoms with E-state index in [2.05, 4.69) is 17.1 Å². The first kappa shape index (κ1) is 17.7. The predicted octanol–water partition coefficient (Wildman–Crippen LogP) is -0.116. The maximum Gasteiger partial charge on any atom is 0.240 e. The van der Waals surface area contributed by atoms with Gasteiger partial charge in [0.15, 0.2) is 0 Å². The van der Waals surface area contributed by atoms with Crippen LogP contribution in [0.25, 0.3) is 0 Å². The lowest BCUT2D eigenvalue weighted by atomic mass is 9.90. The Morgan fingerprint density at radius 1 is 1.36 bits per heavy atom. The second-order valence-corrected chi connectivity index (χ2v) is 6.73. The van der Waals surface area contributed by atoms with Crippen LogP contribution in [-0.4, -0.2) is 80.8 Å². The van der Waals surface area contributed by atoms with Crippen LogP contribution in [0.2, 0.25) is 0 Å². The molecule has 0 saturated carbocycles. The molecule has 2 aliphatic heterocycles. The fourth-order valence-electron chi connectivity index (χ4n) is 3.32. The number of amides is 1. The van der Waals surface area contributed by atoms with Crippen LogP contribution in [0.4, 0.5) is 0 Å². The number of hydrogen-bond donors (Lipinski definition) is 2. The van der Waals surface area contributed by atoms with E-state index in [1.807, 2.05) is 11.9 Å². The van der Waals surface area contributed by atoms with Crippen molar-refractivity contribution in [2.45, 2.75) is 31.7 Å². The van der Waals surface area contributed by atoms with Gasteiger partial charge in [0.05, 0.1) is 13.2 Å². The fourth-order valence-corrected chi connectivity index (χ4v) is 3.32. The molecule has 22 heavy (non-hydrogen) atoms. The largest absolute Gasteiger partial charge is 0.379 e. The van der Waals surface area contributed by atoms with Gasteiger partial charge >= 0.3 is 0 Å². The lowest BCUT2D eigenvalue weighted by Crippen LogP contribution is -2.74. The molecule has 2 fully saturated rings. The Kier molecular flexibility index (Phi) is 6.62. The minimum absolute atomic E-state index is 0.243. The Balaban J connectivity index is 1.55. The summed E-state index contributed by atoms with van der Waals surface area (Å²) in [5.74, 6) is 0.680. The zero-order chi connectivity index (χ0) is 16.0. The molecule has 128 valence electrons. The standard InChI is InChI=1S/C16H32N4O2/c1-3-14-4-6-20(7-5-14)9-11-22-10-8-19(2)16(15(17)21)12-18-13-16/h14,18H,3-13H2,1-2H3,(H2,17,21). The number of likely N-dealkylation sites (tertiary alicyclic amines) is 1. The molecule has 2 rings (SSSR count). The molecule has 2 heterocycles. The van der Waals surface area contributed by atoms with Gasteiger partial charge in [-0.15, -0.1) is 0 Å². The highest BCUT2D eigenvalue weighted by Gasteiger charge is 2.46. The molecule has 6 heteroatoms. The molecule has 1 amide bonds. The van der Waals surface area contributed by atoms with Crippen molar-refractivity contribution in [3.63, 3.8) is 0 Å². The fraction of sp³-hybridized carbons (Fsp3) is 0.938. The van der Waals surface area contributed by atoms with Crippen molar-refractivity contribution in [2.24, 2.45) is 11.7 Å². The first-order valence-electron chi connectivity index (χ1n) is 8.60. The lowest BCUT2D eigenvalue weighted by Gasteiger charge is -2.46. The number of nitrogens with two attached hydrogens (primary N) is 1. The highest BCUT2D eigenvalue weighted by molar-refractivity contribution is 5.86. The van der Waals surface area contributed by atoms with Gasteiger partial charge in [0.1, 0.15) is 5.54 Å². The topological polar surface area (TPSA) is 70.8 Å². The molecule has 3 N–H and O–H groups in total. The summed E-state index contributed by atoms with van der Waals surface area (Å²) in [7, 11) is 1.95. The third-order valence-corrected chi connectivity index (χ3v) is 5.43. The second kappa shape index (κ2) is 8.24. The number of nitrogens with zero attached hydrogens (tertiary/aromatic N) is 2. The van der Waals surface area contributed by atoms with Gasteiger partial charge in [-0.2, -0.15) is 0 Å². The molecular formula is C16H32N4O2. The van der Waals surface area contributed by atoms with Crippen molar-refractivity contribution in [3.8, 4) is 0 Å². The molecule has 0 aromatic rings. The molecule has 0 aromatic heterocycles. The van der Waals surface area contributed by atoms with Crippen LogP contribution in [-0.2, 0) is 9.53 Å². The van der Waals surface area contributed by atoms with Gasteiger partial charge in [0, 0.05) is 26.2 Å². The molecule has 0 aliphatic carbocycles. The smallest absolute Gasteiger partial charge is 0.240 e. The maximum atomic E-state index is 11.6. The molecule has 0 aromatic carbocycles. The first-order valence-corrected chi connectivity index (χ1v) is 8.60. The SMILES string of the molecule is CCC1CCN(CCOCCN(C)C2(C(N)=O)CNC2)CC1. The minimum atomic E-state index is -0.509. The summed E-state index contributed by atoms with van der Waals surface area (Å²) >= 11 is 0. The summed E-state index contributed by atoms with van der Waals surface area (Å²) in [6.45, 7) is 9.16. The van der Waals surface area contributed by atoms with Gasteiger partial charge in [-0.1, -0.05) is 13.3 Å². The van der Waals surface area contributed by atoms with E-state index >= 15 is 0 Å². The van der Waals surface area contributed by atoms with Crippen molar-refractivity contribution in [1.82, 2.24) is 15.1 Å². The number of ether oxygens (including phenoxy) is 1. The summed E-state index contributed by atoms with van der Waals surface area (Å²) in [5.41, 5.74) is 5.01. The van der Waals surface area contributed by atoms with Crippen LogP contribution < -0.4 is 11.1 Å². The van der Waals surface area contributed by atoms with Crippen LogP contribution in [0.15, 0.2) is 0 Å². The highest BCUT2D eigenvalue weighted by Crippen LogP contribution is 2.20. The summed E-state index contributed by atoms with van der Waals surface area (Å²) in [6, 6.07) is 0. The number of primary amides is 1. The number of rotatable bonds is 9. The second-order valence-electron chi connectivity index (χ2n) is 6.73. The summed E-state index contributed by atoms with van der Waals surface area (Å²) < 4.78 is 5.75. The van der Waals surface area contributed by atoms with Crippen LogP contribution in [0.5, 0.6) is 0 Å². The van der Waals surface area contributed by atoms with E-state index in [4.69, 9.17) is 10.5 Å². The number of carbonyl (C=O) groups excluding carboxylic acids is 1. The van der Waals surface area contributed by atoms with Gasteiger partial charge in [0.2, 0.25) is 5.91 Å². The normalized spacial score (nSPS) is 22.7. The molecule has 2 saturated heterocycles. The summed E-state index contributed by atoms with van der Waals surface area (Å²) in [5, 5.41) is 3.13. The number of nitrogens with one attached hydrogen (secondary N) is 1. The maximum absolute atomic E-state index is 11.6. The minimum Gasteiger partial charge on any atom is -0.379 e. The highest BCUT2D eigenvalue weighted by atomic mass is 16.5. The van der Waals surface area contributed by atoms with E-state index in [-0.39, 0.29) is 5.91 Å². The van der Waals surface area contributed by atoms with Crippen molar-refractivity contribution in [3.05, 3.63) is 0 Å². The summed E-state index contributed by atoms with van der Waals surface area (Å²) in [4.78, 5) is 16.1. The number of carbonyl (C=O) groups is 1. The van der Waals surface area contributed by atoms with Crippen molar-refractivity contribution < 1.29 is 9.53 Å². The first-order chi connectivity index (χ1) is 10.6. The molecule has 0 bridgehead atoms. The molecule has 2 aliphatic rings. The van der Waals surface area contributed by atoms with E-state index in [1.165, 1.54) is 32.4 Å². The van der Waals surface area contributed by atoms with Crippen molar-refractivity contribution in [1.29, 1.82) is 0 Å². The van der Waals surface area contributed by atoms with Crippen LogP contribution in [0.3, 0.4) is 0 Å². The Morgan fingerprint density at radius 3 is 2.55 bits per heavy atom. The Morgan fingerprint density at radius 2 is 2.05 bits per heavy atom. The van der Waals surface area contributed by atoms with Gasteiger partial charge < -0.3 is 20.7 Å². The van der Waals surface area contributed by atoms with Gasteiger partial charge in [-0.25, -0.2) is 0 Å². The quantitative estimate of drug-likeness (QED) is 0.581. The van der Waals surface area contributed by atoms with Gasteiger partial charge in [0.25, 0.3) is 0 Å². The van der Waals surface area contributed by atoms with E-state index in [1.54, 1.807) is 0 Å². The third-order valence-electron chi connectivity index (χ3n) is 5.43. The number of hydrogen-bond acceptors (Lipinski definition) is 5. The average Bonchev–Trinajstić information content (AvgIpc) is 2.46. The Hall–Kier alpha value is -0.690. The molecule has 0 spiro atoms. The van der Waals surface area contributed by atoms with Crippen LogP contribution in [0.1, 0.15) is 26.2 Å². The zero-order valence-corrected chi connectivity index (χ0v) is 14.1. The zero-order valence-electron chi connectivity index (χ0n) is 14.1. The van der Waals surface area contributed by atoms with E-state index < -0.39 is 5.54 Å². The number of piperidine rings is 1. The molecule has 0 unspecified atom stereocenters. The lowest BCUT2D eigenvalue weighted by molar-refractivity contribution is -0.133. The monoisotopic (exact) mass is 312 g/mol. The van der Waals surface area contributed by atoms with Crippen molar-refractivity contribution in [2.75, 3.05) is 59.5 Å². The van der Waals surface area contributed by atoms with Crippen molar-refractivity contribution >= 4 is 5.91 Å². The average molecular weight is 312 g/mol. The van der Waals surface area contributed by atoms with Gasteiger partial charge in [-0.3, -0.25) is 9.69 Å². The molecule has 0 atom stereocenters. The third kappa shape index (κ3) is 4.19. The van der Waals surface area contributed by atoms with E-state index in [0.717, 1.165) is 25.6 Å². The molecule has 0 radical (unpaired) electrons. The van der Waals surface area contributed by atoms with Crippen LogP contribution >= 0.6 is 0 Å². The molecule has 6 nitrogen and oxygen atoms in total. The Bertz CT molecular complexity index is 352. The Labute approximate surface area is 134 Å². The van der Waals surface area contributed by atoms with Crippen LogP contribution in [0, 0.1) is 5.92 Å². The van der Waals surface area contributed by atoms with E-state index in [0.29, 0.717) is 19.7 Å². The van der Waals surface area contributed by atoms with E-state index in [9.17, 15) is 4.79 Å². The predicted molar refractivity (Wildman–Crippen MR) is 87.7 cm³/mol.